The van der Waals surface area contributed by atoms with Crippen molar-refractivity contribution < 1.29 is 9.53 Å². The van der Waals surface area contributed by atoms with Gasteiger partial charge in [0, 0.05) is 20.2 Å². The molecule has 0 aliphatic carbocycles. The van der Waals surface area contributed by atoms with E-state index in [4.69, 9.17) is 4.74 Å². The molecule has 2 atom stereocenters. The first kappa shape index (κ1) is 13.4. The number of carbonyl (C=O) groups excluding carboxylic acids is 1. The number of methoxy groups -OCH3 is 1. The Morgan fingerprint density at radius 2 is 1.71 bits per heavy atom. The highest BCUT2D eigenvalue weighted by molar-refractivity contribution is 5.80. The van der Waals surface area contributed by atoms with Crippen molar-refractivity contribution in [2.45, 2.75) is 46.8 Å². The van der Waals surface area contributed by atoms with E-state index in [-0.39, 0.29) is 23.5 Å². The molecule has 1 amide bonds. The Kier molecular flexibility index (Phi) is 4.59. The average Bonchev–Trinajstić information content (AvgIpc) is 2.11. The van der Waals surface area contributed by atoms with Crippen LogP contribution in [0.25, 0.3) is 0 Å². The summed E-state index contributed by atoms with van der Waals surface area (Å²) in [5.41, 5.74) is 0.0951. The van der Waals surface area contributed by atoms with Crippen molar-refractivity contribution in [1.29, 1.82) is 0 Å². The number of nitrogens with zero attached hydrogens (tertiary/aromatic N) is 1. The molecule has 0 N–H and O–H groups in total. The third kappa shape index (κ3) is 3.29. The SMILES string of the molecule is COC(C)C(=O)N(C)C(C)C(C)(C)C. The fourth-order valence-electron chi connectivity index (χ4n) is 1.16. The van der Waals surface area contributed by atoms with Crippen molar-refractivity contribution in [3.05, 3.63) is 0 Å². The molecule has 3 nitrogen and oxygen atoms in total. The van der Waals surface area contributed by atoms with E-state index in [1.165, 1.54) is 0 Å². The molecule has 0 saturated heterocycles. The van der Waals surface area contributed by atoms with Crippen LogP contribution in [0.5, 0.6) is 0 Å². The van der Waals surface area contributed by atoms with E-state index >= 15 is 0 Å². The summed E-state index contributed by atoms with van der Waals surface area (Å²) >= 11 is 0. The van der Waals surface area contributed by atoms with Gasteiger partial charge in [0.1, 0.15) is 6.10 Å². The summed E-state index contributed by atoms with van der Waals surface area (Å²) in [4.78, 5) is 13.5. The van der Waals surface area contributed by atoms with E-state index in [2.05, 4.69) is 27.7 Å². The Balaban J connectivity index is 4.47. The number of hydrogen-bond donors (Lipinski definition) is 0. The molecule has 0 aliphatic heterocycles. The Morgan fingerprint density at radius 1 is 1.29 bits per heavy atom. The molecule has 0 rings (SSSR count). The lowest BCUT2D eigenvalue weighted by Gasteiger charge is -2.36. The molecule has 0 aromatic carbocycles. The Morgan fingerprint density at radius 3 is 2.00 bits per heavy atom. The van der Waals surface area contributed by atoms with Gasteiger partial charge in [-0.2, -0.15) is 0 Å². The summed E-state index contributed by atoms with van der Waals surface area (Å²) in [6.07, 6.45) is -0.357. The van der Waals surface area contributed by atoms with Crippen LogP contribution in [0.1, 0.15) is 34.6 Å². The van der Waals surface area contributed by atoms with Crippen LogP contribution >= 0.6 is 0 Å². The minimum Gasteiger partial charge on any atom is -0.372 e. The van der Waals surface area contributed by atoms with Crippen molar-refractivity contribution in [3.63, 3.8) is 0 Å². The quantitative estimate of drug-likeness (QED) is 0.698. The van der Waals surface area contributed by atoms with Crippen LogP contribution in [-0.2, 0) is 9.53 Å². The summed E-state index contributed by atoms with van der Waals surface area (Å²) in [7, 11) is 3.38. The summed E-state index contributed by atoms with van der Waals surface area (Å²) in [6.45, 7) is 10.2. The minimum absolute atomic E-state index is 0.0370. The van der Waals surface area contributed by atoms with Gasteiger partial charge >= 0.3 is 0 Å². The second kappa shape index (κ2) is 4.78. The van der Waals surface area contributed by atoms with Crippen molar-refractivity contribution >= 4 is 5.91 Å². The first-order chi connectivity index (χ1) is 6.21. The number of likely N-dealkylation sites (N-methyl/N-ethyl adjacent to an activating group) is 1. The fourth-order valence-corrected chi connectivity index (χ4v) is 1.16. The second-order valence-corrected chi connectivity index (χ2v) is 4.87. The summed E-state index contributed by atoms with van der Waals surface area (Å²) in [5, 5.41) is 0. The highest BCUT2D eigenvalue weighted by Crippen LogP contribution is 2.23. The highest BCUT2D eigenvalue weighted by Gasteiger charge is 2.29. The number of carbonyl (C=O) groups is 1. The molecular weight excluding hydrogens is 178 g/mol. The predicted molar refractivity (Wildman–Crippen MR) is 58.2 cm³/mol. The van der Waals surface area contributed by atoms with Crippen molar-refractivity contribution in [2.24, 2.45) is 5.41 Å². The smallest absolute Gasteiger partial charge is 0.251 e. The first-order valence-corrected chi connectivity index (χ1v) is 5.01. The van der Waals surface area contributed by atoms with Gasteiger partial charge in [0.15, 0.2) is 0 Å². The van der Waals surface area contributed by atoms with E-state index in [1.54, 1.807) is 18.9 Å². The highest BCUT2D eigenvalue weighted by atomic mass is 16.5. The number of rotatable bonds is 3. The van der Waals surface area contributed by atoms with Crippen molar-refractivity contribution in [3.8, 4) is 0 Å². The third-order valence-electron chi connectivity index (χ3n) is 2.88. The zero-order valence-electron chi connectivity index (χ0n) is 10.4. The summed E-state index contributed by atoms with van der Waals surface area (Å²) < 4.78 is 5.00. The topological polar surface area (TPSA) is 29.5 Å². The van der Waals surface area contributed by atoms with Gasteiger partial charge in [-0.1, -0.05) is 20.8 Å². The van der Waals surface area contributed by atoms with Gasteiger partial charge in [-0.3, -0.25) is 4.79 Å². The van der Waals surface area contributed by atoms with Crippen molar-refractivity contribution in [2.75, 3.05) is 14.2 Å². The number of ether oxygens (including phenoxy) is 1. The molecule has 0 aromatic heterocycles. The van der Waals surface area contributed by atoms with E-state index in [0.717, 1.165) is 0 Å². The van der Waals surface area contributed by atoms with Crippen LogP contribution in [0.3, 0.4) is 0 Å². The molecule has 0 aliphatic rings. The molecular formula is C11H23NO2. The summed E-state index contributed by atoms with van der Waals surface area (Å²) in [6, 6.07) is 0.201. The molecule has 0 saturated carbocycles. The number of hydrogen-bond acceptors (Lipinski definition) is 2. The molecule has 14 heavy (non-hydrogen) atoms. The van der Waals surface area contributed by atoms with Gasteiger partial charge in [-0.05, 0) is 19.3 Å². The van der Waals surface area contributed by atoms with Crippen LogP contribution in [0.15, 0.2) is 0 Å². The lowest BCUT2D eigenvalue weighted by atomic mass is 9.87. The molecule has 0 spiro atoms. The predicted octanol–water partition coefficient (Wildman–Crippen LogP) is 1.91. The van der Waals surface area contributed by atoms with Crippen LogP contribution in [-0.4, -0.2) is 37.1 Å². The monoisotopic (exact) mass is 201 g/mol. The van der Waals surface area contributed by atoms with Gasteiger partial charge in [0.25, 0.3) is 5.91 Å². The summed E-state index contributed by atoms with van der Waals surface area (Å²) in [5.74, 6) is 0.0370. The van der Waals surface area contributed by atoms with Gasteiger partial charge in [-0.15, -0.1) is 0 Å². The van der Waals surface area contributed by atoms with Crippen molar-refractivity contribution in [1.82, 2.24) is 4.90 Å². The lowest BCUT2D eigenvalue weighted by Crippen LogP contribution is -2.46. The molecule has 2 unspecified atom stereocenters. The fraction of sp³-hybridized carbons (Fsp3) is 0.909. The van der Waals surface area contributed by atoms with Crippen LogP contribution < -0.4 is 0 Å². The van der Waals surface area contributed by atoms with E-state index < -0.39 is 0 Å². The average molecular weight is 201 g/mol. The van der Waals surface area contributed by atoms with Crippen LogP contribution in [0.4, 0.5) is 0 Å². The Hall–Kier alpha value is -0.570. The van der Waals surface area contributed by atoms with Gasteiger partial charge in [0.05, 0.1) is 0 Å². The molecule has 3 heteroatoms. The van der Waals surface area contributed by atoms with Crippen LogP contribution in [0, 0.1) is 5.41 Å². The lowest BCUT2D eigenvalue weighted by molar-refractivity contribution is -0.143. The number of amides is 1. The van der Waals surface area contributed by atoms with E-state index in [9.17, 15) is 4.79 Å². The van der Waals surface area contributed by atoms with Gasteiger partial charge in [-0.25, -0.2) is 0 Å². The minimum atomic E-state index is -0.357. The Labute approximate surface area is 87.4 Å². The largest absolute Gasteiger partial charge is 0.372 e. The molecule has 84 valence electrons. The van der Waals surface area contributed by atoms with Crippen LogP contribution in [0.2, 0.25) is 0 Å². The first-order valence-electron chi connectivity index (χ1n) is 5.01. The third-order valence-corrected chi connectivity index (χ3v) is 2.88. The zero-order valence-corrected chi connectivity index (χ0v) is 10.4. The molecule has 0 radical (unpaired) electrons. The maximum Gasteiger partial charge on any atom is 0.251 e. The normalized spacial score (nSPS) is 16.2. The maximum absolute atomic E-state index is 11.8. The Bertz CT molecular complexity index is 196. The molecule has 0 bridgehead atoms. The van der Waals surface area contributed by atoms with Gasteiger partial charge < -0.3 is 9.64 Å². The maximum atomic E-state index is 11.8. The zero-order chi connectivity index (χ0) is 11.5. The van der Waals surface area contributed by atoms with E-state index in [1.807, 2.05) is 7.05 Å². The molecule has 0 heterocycles. The second-order valence-electron chi connectivity index (χ2n) is 4.87. The standard InChI is InChI=1S/C11H23NO2/c1-8(14-7)10(13)12(6)9(2)11(3,4)5/h8-9H,1-7H3. The van der Waals surface area contributed by atoms with E-state index in [0.29, 0.717) is 0 Å². The van der Waals surface area contributed by atoms with Gasteiger partial charge in [0.2, 0.25) is 0 Å². The molecule has 0 aromatic rings. The molecule has 0 fully saturated rings.